The van der Waals surface area contributed by atoms with Crippen molar-refractivity contribution in [3.63, 3.8) is 0 Å². The molecule has 0 heterocycles. The lowest BCUT2D eigenvalue weighted by molar-refractivity contribution is 0.517. The van der Waals surface area contributed by atoms with Gasteiger partial charge in [-0.15, -0.1) is 0 Å². The highest BCUT2D eigenvalue weighted by Gasteiger charge is 2.25. The van der Waals surface area contributed by atoms with Crippen LogP contribution in [0.5, 0.6) is 0 Å². The minimum atomic E-state index is -0.994. The molecule has 1 saturated carbocycles. The van der Waals surface area contributed by atoms with Crippen LogP contribution in [0.15, 0.2) is 29.5 Å². The molecule has 0 spiro atoms. The van der Waals surface area contributed by atoms with Crippen molar-refractivity contribution in [3.05, 3.63) is 24.6 Å². The molecule has 1 rings (SSSR count). The third-order valence-electron chi connectivity index (χ3n) is 2.35. The van der Waals surface area contributed by atoms with E-state index >= 15 is 0 Å². The maximum atomic E-state index is 11.6. The van der Waals surface area contributed by atoms with Gasteiger partial charge >= 0.3 is 0 Å². The lowest BCUT2D eigenvalue weighted by atomic mass is 10.4. The number of allylic oxidation sites excluding steroid dienone is 1. The minimum absolute atomic E-state index is 0.700. The van der Waals surface area contributed by atoms with E-state index in [1.54, 1.807) is 12.5 Å². The zero-order valence-electron chi connectivity index (χ0n) is 10.3. The van der Waals surface area contributed by atoms with Gasteiger partial charge in [0.15, 0.2) is 0 Å². The first kappa shape index (κ1) is 13.2. The van der Waals surface area contributed by atoms with Crippen molar-refractivity contribution in [3.8, 4) is 0 Å². The lowest BCUT2D eigenvalue weighted by Crippen LogP contribution is -2.25. The predicted octanol–water partition coefficient (Wildman–Crippen LogP) is 2.50. The molecule has 1 aliphatic rings. The van der Waals surface area contributed by atoms with Gasteiger partial charge in [0.05, 0.1) is 0 Å². The normalized spacial score (nSPS) is 17.2. The molecule has 0 aromatic rings. The Kier molecular flexibility index (Phi) is 4.93. The van der Waals surface area contributed by atoms with E-state index in [-0.39, 0.29) is 0 Å². The fourth-order valence-corrected chi connectivity index (χ4v) is 2.09. The second-order valence-electron chi connectivity index (χ2n) is 4.31. The molecule has 0 amide bonds. The topological polar surface area (TPSA) is 32.7 Å². The quantitative estimate of drug-likeness (QED) is 0.518. The molecule has 4 heteroatoms. The molecule has 0 N–H and O–H groups in total. The van der Waals surface area contributed by atoms with Crippen LogP contribution in [0.25, 0.3) is 0 Å². The van der Waals surface area contributed by atoms with Crippen molar-refractivity contribution in [2.75, 3.05) is 12.8 Å². The number of aliphatic imine (C=N–C) groups is 1. The molecule has 0 radical (unpaired) electrons. The monoisotopic (exact) mass is 240 g/mol. The second-order valence-corrected chi connectivity index (χ2v) is 5.60. The largest absolute Gasteiger partial charge is 0.292 e. The fourth-order valence-electron chi connectivity index (χ4n) is 1.28. The standard InChI is InChI=1S/C12H20N2OS/c1-10(2)13-8-7-11(3)14(16(4)15)9-12-5-6-12/h7-8,12H,3,5-6,9H2,1-2,4H3/b8-7-. The van der Waals surface area contributed by atoms with Gasteiger partial charge in [-0.1, -0.05) is 6.58 Å². The Balaban J connectivity index is 2.56. The molecule has 1 fully saturated rings. The first-order valence-electron chi connectivity index (χ1n) is 5.48. The second kappa shape index (κ2) is 5.99. The summed E-state index contributed by atoms with van der Waals surface area (Å²) in [4.78, 5) is 4.15. The van der Waals surface area contributed by atoms with E-state index in [4.69, 9.17) is 0 Å². The maximum absolute atomic E-state index is 11.6. The Morgan fingerprint density at radius 3 is 2.62 bits per heavy atom. The van der Waals surface area contributed by atoms with Crippen molar-refractivity contribution in [1.82, 2.24) is 4.31 Å². The zero-order valence-corrected chi connectivity index (χ0v) is 11.1. The molecular weight excluding hydrogens is 220 g/mol. The number of hydrogen-bond donors (Lipinski definition) is 0. The summed E-state index contributed by atoms with van der Waals surface area (Å²) in [5.41, 5.74) is 1.77. The zero-order chi connectivity index (χ0) is 12.1. The highest BCUT2D eigenvalue weighted by atomic mass is 32.2. The van der Waals surface area contributed by atoms with E-state index in [2.05, 4.69) is 11.6 Å². The third kappa shape index (κ3) is 4.75. The maximum Gasteiger partial charge on any atom is 0.116 e. The minimum Gasteiger partial charge on any atom is -0.292 e. The Bertz CT molecular complexity index is 339. The van der Waals surface area contributed by atoms with Gasteiger partial charge in [-0.05, 0) is 38.7 Å². The van der Waals surface area contributed by atoms with Gasteiger partial charge < -0.3 is 0 Å². The highest BCUT2D eigenvalue weighted by molar-refractivity contribution is 7.82. The molecule has 90 valence electrons. The Hall–Kier alpha value is -0.900. The van der Waals surface area contributed by atoms with Gasteiger partial charge in [-0.3, -0.25) is 9.30 Å². The Labute approximate surface area is 101 Å². The predicted molar refractivity (Wildman–Crippen MR) is 70.6 cm³/mol. The van der Waals surface area contributed by atoms with Crippen LogP contribution in [-0.4, -0.2) is 27.0 Å². The van der Waals surface area contributed by atoms with Gasteiger partial charge in [0, 0.05) is 30.4 Å². The molecule has 0 aromatic carbocycles. The first-order chi connectivity index (χ1) is 7.50. The molecule has 0 aromatic heterocycles. The van der Waals surface area contributed by atoms with E-state index in [1.165, 1.54) is 12.8 Å². The lowest BCUT2D eigenvalue weighted by Gasteiger charge is -2.21. The summed E-state index contributed by atoms with van der Waals surface area (Å²) >= 11 is 0. The van der Waals surface area contributed by atoms with Crippen LogP contribution in [-0.2, 0) is 11.0 Å². The summed E-state index contributed by atoms with van der Waals surface area (Å²) in [6.07, 6.45) is 7.71. The van der Waals surface area contributed by atoms with Crippen LogP contribution >= 0.6 is 0 Å². The molecule has 1 aliphatic carbocycles. The first-order valence-corrected chi connectivity index (χ1v) is 6.99. The summed E-state index contributed by atoms with van der Waals surface area (Å²) in [5, 5.41) is 0. The average Bonchev–Trinajstić information content (AvgIpc) is 2.96. The number of rotatable bonds is 6. The van der Waals surface area contributed by atoms with Gasteiger partial charge in [-0.25, -0.2) is 4.21 Å². The van der Waals surface area contributed by atoms with Gasteiger partial charge in [-0.2, -0.15) is 0 Å². The molecule has 1 unspecified atom stereocenters. The van der Waals surface area contributed by atoms with Crippen LogP contribution in [0.4, 0.5) is 0 Å². The van der Waals surface area contributed by atoms with Crippen molar-refractivity contribution in [1.29, 1.82) is 0 Å². The summed E-state index contributed by atoms with van der Waals surface area (Å²) in [5.74, 6) is 0.700. The van der Waals surface area contributed by atoms with Crippen molar-refractivity contribution < 1.29 is 4.21 Å². The molecule has 0 bridgehead atoms. The summed E-state index contributed by atoms with van der Waals surface area (Å²) in [7, 11) is -0.994. The van der Waals surface area contributed by atoms with Gasteiger partial charge in [0.25, 0.3) is 0 Å². The number of nitrogens with zero attached hydrogens (tertiary/aromatic N) is 2. The molecule has 3 nitrogen and oxygen atoms in total. The van der Waals surface area contributed by atoms with Gasteiger partial charge in [0.2, 0.25) is 0 Å². The average molecular weight is 240 g/mol. The van der Waals surface area contributed by atoms with Crippen LogP contribution in [0.3, 0.4) is 0 Å². The molecule has 1 atom stereocenters. The van der Waals surface area contributed by atoms with Gasteiger partial charge in [0.1, 0.15) is 11.0 Å². The summed E-state index contributed by atoms with van der Waals surface area (Å²) in [6, 6.07) is 0. The third-order valence-corrected chi connectivity index (χ3v) is 3.36. The highest BCUT2D eigenvalue weighted by Crippen LogP contribution is 2.31. The summed E-state index contributed by atoms with van der Waals surface area (Å²) < 4.78 is 13.4. The van der Waals surface area contributed by atoms with Crippen LogP contribution in [0.1, 0.15) is 26.7 Å². The SMILES string of the molecule is C=C(/C=C\N=C(C)C)N(CC1CC1)S(C)=O. The van der Waals surface area contributed by atoms with E-state index in [0.717, 1.165) is 18.0 Å². The van der Waals surface area contributed by atoms with E-state index in [1.807, 2.05) is 24.2 Å². The smallest absolute Gasteiger partial charge is 0.116 e. The molecule has 0 aliphatic heterocycles. The van der Waals surface area contributed by atoms with Crippen molar-refractivity contribution >= 4 is 16.7 Å². The molecule has 16 heavy (non-hydrogen) atoms. The van der Waals surface area contributed by atoms with Crippen molar-refractivity contribution in [2.24, 2.45) is 10.9 Å². The fraction of sp³-hybridized carbons (Fsp3) is 0.583. The van der Waals surface area contributed by atoms with Crippen LogP contribution < -0.4 is 0 Å². The van der Waals surface area contributed by atoms with Crippen LogP contribution in [0.2, 0.25) is 0 Å². The van der Waals surface area contributed by atoms with E-state index in [9.17, 15) is 4.21 Å². The van der Waals surface area contributed by atoms with Crippen LogP contribution in [0, 0.1) is 5.92 Å². The molecule has 0 saturated heterocycles. The van der Waals surface area contributed by atoms with E-state index in [0.29, 0.717) is 5.92 Å². The van der Waals surface area contributed by atoms with E-state index < -0.39 is 11.0 Å². The molecular formula is C12H20N2OS. The Morgan fingerprint density at radius 2 is 2.19 bits per heavy atom. The van der Waals surface area contributed by atoms with Crippen molar-refractivity contribution in [2.45, 2.75) is 26.7 Å². The summed E-state index contributed by atoms with van der Waals surface area (Å²) in [6.45, 7) is 8.65. The number of hydrogen-bond acceptors (Lipinski definition) is 2. The Morgan fingerprint density at radius 1 is 1.56 bits per heavy atom.